The lowest BCUT2D eigenvalue weighted by molar-refractivity contribution is -0.120. The van der Waals surface area contributed by atoms with E-state index in [9.17, 15) is 13.2 Å². The van der Waals surface area contributed by atoms with Gasteiger partial charge < -0.3 is 10.1 Å². The molecule has 0 saturated carbocycles. The van der Waals surface area contributed by atoms with Gasteiger partial charge in [0.2, 0.25) is 15.9 Å². The first-order valence-corrected chi connectivity index (χ1v) is 8.12. The zero-order chi connectivity index (χ0) is 14.6. The molecule has 0 aromatic heterocycles. The van der Waals surface area contributed by atoms with Gasteiger partial charge >= 0.3 is 0 Å². The van der Waals surface area contributed by atoms with Crippen LogP contribution in [0.3, 0.4) is 0 Å². The van der Waals surface area contributed by atoms with Crippen molar-refractivity contribution in [1.29, 1.82) is 0 Å². The fraction of sp³-hybridized carbons (Fsp3) is 0.462. The van der Waals surface area contributed by atoms with Gasteiger partial charge in [0.25, 0.3) is 0 Å². The Balaban J connectivity index is 2.10. The van der Waals surface area contributed by atoms with Gasteiger partial charge in [-0.25, -0.2) is 8.42 Å². The minimum Gasteiger partial charge on any atom is -0.372 e. The molecule has 0 aliphatic carbocycles. The first-order valence-electron chi connectivity index (χ1n) is 6.51. The first-order chi connectivity index (χ1) is 9.53. The van der Waals surface area contributed by atoms with Gasteiger partial charge in [0, 0.05) is 18.8 Å². The molecular formula is C13H18N2O4S. The normalized spacial score (nSPS) is 17.1. The van der Waals surface area contributed by atoms with Crippen molar-refractivity contribution in [3.05, 3.63) is 24.3 Å². The molecule has 7 heteroatoms. The van der Waals surface area contributed by atoms with Crippen LogP contribution in [0.15, 0.2) is 24.3 Å². The van der Waals surface area contributed by atoms with Crippen LogP contribution in [0.4, 0.5) is 11.4 Å². The zero-order valence-corrected chi connectivity index (χ0v) is 12.1. The van der Waals surface area contributed by atoms with E-state index in [-0.39, 0.29) is 18.3 Å². The molecule has 1 fully saturated rings. The van der Waals surface area contributed by atoms with E-state index >= 15 is 0 Å². The molecule has 1 amide bonds. The number of ether oxygens (including phenoxy) is 1. The number of benzene rings is 1. The van der Waals surface area contributed by atoms with Crippen molar-refractivity contribution in [3.8, 4) is 0 Å². The van der Waals surface area contributed by atoms with E-state index in [1.165, 1.54) is 4.31 Å². The van der Waals surface area contributed by atoms with Crippen molar-refractivity contribution < 1.29 is 17.9 Å². The van der Waals surface area contributed by atoms with Crippen LogP contribution in [0.1, 0.15) is 13.3 Å². The van der Waals surface area contributed by atoms with Crippen molar-refractivity contribution in [1.82, 2.24) is 0 Å². The minimum absolute atomic E-state index is 0.0112. The topological polar surface area (TPSA) is 75.7 Å². The molecule has 1 saturated heterocycles. The SMILES string of the molecule is CCOCC(=O)Nc1cccc(N2CCCS2(=O)=O)c1. The lowest BCUT2D eigenvalue weighted by Crippen LogP contribution is -2.25. The second kappa shape index (κ2) is 6.23. The highest BCUT2D eigenvalue weighted by molar-refractivity contribution is 7.93. The van der Waals surface area contributed by atoms with E-state index in [0.29, 0.717) is 30.9 Å². The Morgan fingerprint density at radius 1 is 1.45 bits per heavy atom. The summed E-state index contributed by atoms with van der Waals surface area (Å²) < 4.78 is 30.1. The number of nitrogens with one attached hydrogen (secondary N) is 1. The third-order valence-electron chi connectivity index (χ3n) is 2.95. The van der Waals surface area contributed by atoms with Crippen LogP contribution < -0.4 is 9.62 Å². The quantitative estimate of drug-likeness (QED) is 0.886. The summed E-state index contributed by atoms with van der Waals surface area (Å²) in [6, 6.07) is 6.82. The van der Waals surface area contributed by atoms with Gasteiger partial charge in [-0.1, -0.05) is 6.07 Å². The largest absolute Gasteiger partial charge is 0.372 e. The van der Waals surface area contributed by atoms with Crippen LogP contribution >= 0.6 is 0 Å². The molecule has 6 nitrogen and oxygen atoms in total. The van der Waals surface area contributed by atoms with E-state index in [0.717, 1.165) is 0 Å². The number of nitrogens with zero attached hydrogens (tertiary/aromatic N) is 1. The number of rotatable bonds is 5. The Bertz CT molecular complexity index is 586. The van der Waals surface area contributed by atoms with Crippen molar-refractivity contribution in [2.45, 2.75) is 13.3 Å². The minimum atomic E-state index is -3.20. The van der Waals surface area contributed by atoms with E-state index < -0.39 is 10.0 Å². The van der Waals surface area contributed by atoms with Crippen LogP contribution in [0.2, 0.25) is 0 Å². The first kappa shape index (κ1) is 14.8. The molecule has 0 bridgehead atoms. The standard InChI is InChI=1S/C13H18N2O4S/c1-2-19-10-13(16)14-11-5-3-6-12(9-11)15-7-4-8-20(15,17)18/h3,5-6,9H,2,4,7-8,10H2,1H3,(H,14,16). The van der Waals surface area contributed by atoms with Gasteiger partial charge in [0.1, 0.15) is 6.61 Å². The summed E-state index contributed by atoms with van der Waals surface area (Å²) in [7, 11) is -3.20. The smallest absolute Gasteiger partial charge is 0.250 e. The van der Waals surface area contributed by atoms with Crippen LogP contribution in [-0.4, -0.2) is 39.8 Å². The summed E-state index contributed by atoms with van der Waals surface area (Å²) in [6.07, 6.45) is 0.628. The second-order valence-corrected chi connectivity index (χ2v) is 6.49. The van der Waals surface area contributed by atoms with Gasteiger partial charge in [-0.3, -0.25) is 9.10 Å². The fourth-order valence-corrected chi connectivity index (χ4v) is 3.62. The van der Waals surface area contributed by atoms with Gasteiger partial charge in [0.05, 0.1) is 11.4 Å². The molecule has 0 radical (unpaired) electrons. The summed E-state index contributed by atoms with van der Waals surface area (Å²) in [5.74, 6) is -0.0817. The summed E-state index contributed by atoms with van der Waals surface area (Å²) >= 11 is 0. The highest BCUT2D eigenvalue weighted by Crippen LogP contribution is 2.26. The number of hydrogen-bond donors (Lipinski definition) is 1. The van der Waals surface area contributed by atoms with Crippen molar-refractivity contribution in [2.75, 3.05) is 35.1 Å². The number of sulfonamides is 1. The van der Waals surface area contributed by atoms with Crippen molar-refractivity contribution >= 4 is 27.3 Å². The van der Waals surface area contributed by atoms with E-state index in [4.69, 9.17) is 4.74 Å². The van der Waals surface area contributed by atoms with Crippen LogP contribution in [0, 0.1) is 0 Å². The molecule has 2 rings (SSSR count). The van der Waals surface area contributed by atoms with E-state index in [2.05, 4.69) is 5.32 Å². The van der Waals surface area contributed by atoms with Gasteiger partial charge in [-0.2, -0.15) is 0 Å². The monoisotopic (exact) mass is 298 g/mol. The number of hydrogen-bond acceptors (Lipinski definition) is 4. The Morgan fingerprint density at radius 3 is 2.90 bits per heavy atom. The van der Waals surface area contributed by atoms with Gasteiger partial charge in [0.15, 0.2) is 0 Å². The molecule has 1 aliphatic rings. The molecule has 1 N–H and O–H groups in total. The summed E-state index contributed by atoms with van der Waals surface area (Å²) in [5.41, 5.74) is 1.14. The fourth-order valence-electron chi connectivity index (χ4n) is 2.06. The Hall–Kier alpha value is -1.60. The average Bonchev–Trinajstić information content (AvgIpc) is 2.76. The maximum absolute atomic E-state index is 11.9. The molecule has 1 aromatic rings. The maximum atomic E-state index is 11.9. The van der Waals surface area contributed by atoms with Gasteiger partial charge in [-0.05, 0) is 31.5 Å². The summed E-state index contributed by atoms with van der Waals surface area (Å²) in [5, 5.41) is 2.68. The van der Waals surface area contributed by atoms with E-state index in [1.807, 2.05) is 6.92 Å². The number of carbonyl (C=O) groups is 1. The molecule has 20 heavy (non-hydrogen) atoms. The molecule has 0 atom stereocenters. The molecule has 0 spiro atoms. The van der Waals surface area contributed by atoms with Crippen molar-refractivity contribution in [3.63, 3.8) is 0 Å². The maximum Gasteiger partial charge on any atom is 0.250 e. The molecule has 1 heterocycles. The second-order valence-electron chi connectivity index (χ2n) is 4.48. The predicted molar refractivity (Wildman–Crippen MR) is 77.3 cm³/mol. The molecule has 110 valence electrons. The van der Waals surface area contributed by atoms with Crippen LogP contribution in [0.25, 0.3) is 0 Å². The highest BCUT2D eigenvalue weighted by atomic mass is 32.2. The summed E-state index contributed by atoms with van der Waals surface area (Å²) in [6.45, 7) is 2.76. The molecular weight excluding hydrogens is 280 g/mol. The third kappa shape index (κ3) is 3.49. The highest BCUT2D eigenvalue weighted by Gasteiger charge is 2.28. The number of amides is 1. The Labute approximate surface area is 118 Å². The van der Waals surface area contributed by atoms with Crippen LogP contribution in [0.5, 0.6) is 0 Å². The molecule has 1 aliphatic heterocycles. The predicted octanol–water partition coefficient (Wildman–Crippen LogP) is 1.20. The average molecular weight is 298 g/mol. The van der Waals surface area contributed by atoms with Gasteiger partial charge in [-0.15, -0.1) is 0 Å². The Morgan fingerprint density at radius 2 is 2.25 bits per heavy atom. The summed E-state index contributed by atoms with van der Waals surface area (Å²) in [4.78, 5) is 11.6. The molecule has 1 aromatic carbocycles. The van der Waals surface area contributed by atoms with Crippen molar-refractivity contribution in [2.24, 2.45) is 0 Å². The number of anilines is 2. The van der Waals surface area contributed by atoms with E-state index in [1.54, 1.807) is 24.3 Å². The number of carbonyl (C=O) groups excluding carboxylic acids is 1. The zero-order valence-electron chi connectivity index (χ0n) is 11.3. The molecule has 0 unspecified atom stereocenters. The van der Waals surface area contributed by atoms with Crippen LogP contribution in [-0.2, 0) is 19.6 Å². The lowest BCUT2D eigenvalue weighted by atomic mass is 10.2. The Kier molecular flexibility index (Phi) is 4.61. The third-order valence-corrected chi connectivity index (χ3v) is 4.82. The lowest BCUT2D eigenvalue weighted by Gasteiger charge is -2.17.